The van der Waals surface area contributed by atoms with Crippen molar-refractivity contribution in [1.29, 1.82) is 0 Å². The molecular formula is C14H24N5O2S+. The maximum Gasteiger partial charge on any atom is 0.332 e. The van der Waals surface area contributed by atoms with Gasteiger partial charge < -0.3 is 9.47 Å². The number of aromatic nitrogens is 4. The van der Waals surface area contributed by atoms with Crippen LogP contribution in [0, 0.1) is 0 Å². The van der Waals surface area contributed by atoms with Gasteiger partial charge in [0, 0.05) is 21.1 Å². The van der Waals surface area contributed by atoms with Crippen molar-refractivity contribution in [1.82, 2.24) is 18.7 Å². The van der Waals surface area contributed by atoms with Crippen LogP contribution in [0.25, 0.3) is 11.2 Å². The average Bonchev–Trinajstić information content (AvgIpc) is 2.84. The molecule has 7 nitrogen and oxygen atoms in total. The molecule has 0 atom stereocenters. The van der Waals surface area contributed by atoms with Crippen LogP contribution in [-0.2, 0) is 21.1 Å². The predicted molar refractivity (Wildman–Crippen MR) is 88.8 cm³/mol. The molecule has 0 spiro atoms. The van der Waals surface area contributed by atoms with E-state index in [1.165, 1.54) is 16.5 Å². The number of thioether (sulfide) groups is 1. The highest BCUT2D eigenvalue weighted by Gasteiger charge is 2.17. The molecule has 8 heteroatoms. The van der Waals surface area contributed by atoms with Gasteiger partial charge in [0.25, 0.3) is 5.56 Å². The molecule has 22 heavy (non-hydrogen) atoms. The first-order valence-corrected chi connectivity index (χ1v) is 8.49. The third kappa shape index (κ3) is 2.85. The highest BCUT2D eigenvalue weighted by atomic mass is 32.2. The third-order valence-corrected chi connectivity index (χ3v) is 5.14. The Kier molecular flexibility index (Phi) is 5.12. The number of quaternary nitrogens is 1. The first kappa shape index (κ1) is 16.8. The van der Waals surface area contributed by atoms with E-state index in [4.69, 9.17) is 0 Å². The molecule has 0 saturated carbocycles. The Morgan fingerprint density at radius 2 is 1.68 bits per heavy atom. The Balaban J connectivity index is 2.36. The van der Waals surface area contributed by atoms with Gasteiger partial charge in [-0.15, -0.1) is 0 Å². The summed E-state index contributed by atoms with van der Waals surface area (Å²) in [4.78, 5) is 30.2. The van der Waals surface area contributed by atoms with Gasteiger partial charge in [0.15, 0.2) is 16.3 Å². The zero-order valence-corrected chi connectivity index (χ0v) is 14.7. The second-order valence-corrected chi connectivity index (χ2v) is 6.45. The van der Waals surface area contributed by atoms with E-state index in [2.05, 4.69) is 18.8 Å². The molecule has 0 fully saturated rings. The van der Waals surface area contributed by atoms with Crippen molar-refractivity contribution < 1.29 is 4.90 Å². The predicted octanol–water partition coefficient (Wildman–Crippen LogP) is -1.01. The number of nitrogens with zero attached hydrogens (tertiary/aromatic N) is 4. The standard InChI is InChI=1S/C14H23N5O2S/c1-6-19(7-2)8-9-22-13-15-10-11(16(13)3)17(4)14(21)18(5)12(10)20/h6-9H2,1-5H3/p+1. The van der Waals surface area contributed by atoms with Crippen LogP contribution in [0.15, 0.2) is 14.7 Å². The molecule has 0 bridgehead atoms. The number of fused-ring (bicyclic) bond motifs is 1. The van der Waals surface area contributed by atoms with Gasteiger partial charge in [0.1, 0.15) is 0 Å². The second kappa shape index (κ2) is 6.70. The summed E-state index contributed by atoms with van der Waals surface area (Å²) in [5.74, 6) is 0.933. The molecule has 1 N–H and O–H groups in total. The molecule has 122 valence electrons. The molecular weight excluding hydrogens is 302 g/mol. The lowest BCUT2D eigenvalue weighted by molar-refractivity contribution is -0.893. The SMILES string of the molecule is CC[NH+](CC)CCSc1nc2c(=O)n(C)c(=O)n(C)c2n1C. The molecule has 0 saturated heterocycles. The Hall–Kier alpha value is -1.54. The summed E-state index contributed by atoms with van der Waals surface area (Å²) < 4.78 is 4.41. The maximum atomic E-state index is 12.2. The van der Waals surface area contributed by atoms with Crippen LogP contribution in [0.3, 0.4) is 0 Å². The Morgan fingerprint density at radius 3 is 2.27 bits per heavy atom. The van der Waals surface area contributed by atoms with Crippen LogP contribution in [0.4, 0.5) is 0 Å². The molecule has 0 aliphatic rings. The van der Waals surface area contributed by atoms with Crippen LogP contribution in [-0.4, -0.2) is 44.1 Å². The van der Waals surface area contributed by atoms with E-state index in [9.17, 15) is 9.59 Å². The second-order valence-electron chi connectivity index (χ2n) is 5.39. The molecule has 2 aromatic rings. The van der Waals surface area contributed by atoms with Gasteiger partial charge in [-0.25, -0.2) is 9.78 Å². The smallest absolute Gasteiger partial charge is 0.332 e. The lowest BCUT2D eigenvalue weighted by atomic mass is 10.5. The van der Waals surface area contributed by atoms with Gasteiger partial charge in [0.05, 0.1) is 25.4 Å². The fraction of sp³-hybridized carbons (Fsp3) is 0.643. The lowest BCUT2D eigenvalue weighted by Gasteiger charge is -2.14. The Morgan fingerprint density at radius 1 is 1.05 bits per heavy atom. The Labute approximate surface area is 133 Å². The molecule has 0 unspecified atom stereocenters. The maximum absolute atomic E-state index is 12.2. The topological polar surface area (TPSA) is 66.3 Å². The number of rotatable bonds is 6. The van der Waals surface area contributed by atoms with E-state index in [1.807, 2.05) is 11.6 Å². The van der Waals surface area contributed by atoms with Gasteiger partial charge in [0.2, 0.25) is 0 Å². The van der Waals surface area contributed by atoms with Crippen molar-refractivity contribution in [3.05, 3.63) is 20.8 Å². The summed E-state index contributed by atoms with van der Waals surface area (Å²) in [6.45, 7) is 7.62. The van der Waals surface area contributed by atoms with E-state index in [1.54, 1.807) is 18.8 Å². The van der Waals surface area contributed by atoms with Crippen LogP contribution in [0.5, 0.6) is 0 Å². The number of hydrogen-bond donors (Lipinski definition) is 1. The van der Waals surface area contributed by atoms with Gasteiger partial charge in [-0.2, -0.15) is 0 Å². The van der Waals surface area contributed by atoms with E-state index in [-0.39, 0.29) is 11.2 Å². The minimum absolute atomic E-state index is 0.329. The highest BCUT2D eigenvalue weighted by Crippen LogP contribution is 2.19. The first-order chi connectivity index (χ1) is 10.4. The van der Waals surface area contributed by atoms with Crippen LogP contribution in [0.1, 0.15) is 13.8 Å². The molecule has 0 aliphatic carbocycles. The summed E-state index contributed by atoms with van der Waals surface area (Å²) in [7, 11) is 5.00. The minimum atomic E-state index is -0.338. The fourth-order valence-electron chi connectivity index (χ4n) is 2.58. The number of aryl methyl sites for hydroxylation is 2. The number of imidazole rings is 1. The van der Waals surface area contributed by atoms with E-state index in [0.717, 1.165) is 35.1 Å². The van der Waals surface area contributed by atoms with E-state index in [0.29, 0.717) is 11.2 Å². The fourth-order valence-corrected chi connectivity index (χ4v) is 3.59. The summed E-state index contributed by atoms with van der Waals surface area (Å²) in [5, 5.41) is 0.778. The molecule has 2 rings (SSSR count). The molecule has 0 aromatic carbocycles. The molecule has 0 amide bonds. The minimum Gasteiger partial charge on any atom is -0.335 e. The molecule has 2 heterocycles. The van der Waals surface area contributed by atoms with Crippen molar-refractivity contribution in [2.24, 2.45) is 21.1 Å². The third-order valence-electron chi connectivity index (χ3n) is 4.11. The zero-order valence-electron chi connectivity index (χ0n) is 13.8. The van der Waals surface area contributed by atoms with E-state index < -0.39 is 0 Å². The van der Waals surface area contributed by atoms with Crippen LogP contribution >= 0.6 is 11.8 Å². The van der Waals surface area contributed by atoms with E-state index >= 15 is 0 Å². The van der Waals surface area contributed by atoms with Crippen molar-refractivity contribution in [3.63, 3.8) is 0 Å². The monoisotopic (exact) mass is 326 g/mol. The quantitative estimate of drug-likeness (QED) is 0.691. The van der Waals surface area contributed by atoms with Gasteiger partial charge in [-0.3, -0.25) is 13.9 Å². The van der Waals surface area contributed by atoms with Crippen LogP contribution in [0.2, 0.25) is 0 Å². The summed E-state index contributed by atoms with van der Waals surface area (Å²) >= 11 is 1.63. The number of nitrogens with one attached hydrogen (secondary N) is 1. The lowest BCUT2D eigenvalue weighted by Crippen LogP contribution is -3.11. The van der Waals surface area contributed by atoms with Crippen molar-refractivity contribution in [3.8, 4) is 0 Å². The first-order valence-electron chi connectivity index (χ1n) is 7.51. The Bertz CT molecular complexity index is 785. The summed E-state index contributed by atoms with van der Waals surface area (Å²) in [6, 6.07) is 0. The van der Waals surface area contributed by atoms with Crippen molar-refractivity contribution >= 4 is 22.9 Å². The largest absolute Gasteiger partial charge is 0.335 e. The molecule has 0 aliphatic heterocycles. The van der Waals surface area contributed by atoms with Gasteiger partial charge >= 0.3 is 5.69 Å². The van der Waals surface area contributed by atoms with Gasteiger partial charge in [-0.1, -0.05) is 11.8 Å². The van der Waals surface area contributed by atoms with Crippen molar-refractivity contribution in [2.45, 2.75) is 19.0 Å². The number of hydrogen-bond acceptors (Lipinski definition) is 4. The highest BCUT2D eigenvalue weighted by molar-refractivity contribution is 7.99. The zero-order chi connectivity index (χ0) is 16.4. The summed E-state index contributed by atoms with van der Waals surface area (Å²) in [5.41, 5.74) is 0.259. The molecule has 0 radical (unpaired) electrons. The normalized spacial score (nSPS) is 11.7. The van der Waals surface area contributed by atoms with Crippen LogP contribution < -0.4 is 16.1 Å². The van der Waals surface area contributed by atoms with Crippen molar-refractivity contribution in [2.75, 3.05) is 25.4 Å². The molecule has 2 aromatic heterocycles. The summed E-state index contributed by atoms with van der Waals surface area (Å²) in [6.07, 6.45) is 0. The van der Waals surface area contributed by atoms with Gasteiger partial charge in [-0.05, 0) is 13.8 Å². The average molecular weight is 326 g/mol.